The Hall–Kier alpha value is -1.06. The first-order valence-electron chi connectivity index (χ1n) is 9.04. The van der Waals surface area contributed by atoms with Crippen molar-refractivity contribution < 1.29 is 0 Å². The Morgan fingerprint density at radius 2 is 2.09 bits per heavy atom. The molecular formula is C19H33N3. The van der Waals surface area contributed by atoms with E-state index in [9.17, 15) is 0 Å². The van der Waals surface area contributed by atoms with Crippen LogP contribution in [0.2, 0.25) is 0 Å². The van der Waals surface area contributed by atoms with Gasteiger partial charge in [-0.25, -0.2) is 0 Å². The third-order valence-electron chi connectivity index (χ3n) is 4.69. The van der Waals surface area contributed by atoms with Gasteiger partial charge in [0.15, 0.2) is 0 Å². The van der Waals surface area contributed by atoms with Gasteiger partial charge in [0.2, 0.25) is 0 Å². The summed E-state index contributed by atoms with van der Waals surface area (Å²) < 4.78 is 0. The summed E-state index contributed by atoms with van der Waals surface area (Å²) in [5.41, 5.74) is 4.30. The molecule has 1 aliphatic heterocycles. The molecule has 0 aliphatic carbocycles. The lowest BCUT2D eigenvalue weighted by Crippen LogP contribution is -2.32. The topological polar surface area (TPSA) is 27.3 Å². The first-order chi connectivity index (χ1) is 10.7. The normalized spacial score (nSPS) is 15.5. The van der Waals surface area contributed by atoms with E-state index >= 15 is 0 Å². The zero-order valence-electron chi connectivity index (χ0n) is 14.6. The van der Waals surface area contributed by atoms with Gasteiger partial charge < -0.3 is 15.5 Å². The maximum atomic E-state index is 3.67. The molecule has 2 rings (SSSR count). The number of anilines is 1. The maximum Gasteiger partial charge on any atom is 0.0372 e. The van der Waals surface area contributed by atoms with Crippen molar-refractivity contribution in [2.75, 3.05) is 38.0 Å². The highest BCUT2D eigenvalue weighted by Gasteiger charge is 2.10. The van der Waals surface area contributed by atoms with Crippen molar-refractivity contribution in [2.45, 2.75) is 52.5 Å². The Morgan fingerprint density at radius 1 is 1.27 bits per heavy atom. The average molecular weight is 303 g/mol. The molecule has 2 N–H and O–H groups in total. The Bertz CT molecular complexity index is 440. The summed E-state index contributed by atoms with van der Waals surface area (Å²) in [5.74, 6) is 0. The number of hydrogen-bond donors (Lipinski definition) is 2. The first-order valence-corrected chi connectivity index (χ1v) is 9.04. The van der Waals surface area contributed by atoms with Gasteiger partial charge in [-0.2, -0.15) is 0 Å². The van der Waals surface area contributed by atoms with Gasteiger partial charge in [0.05, 0.1) is 0 Å². The number of rotatable bonds is 9. The highest BCUT2D eigenvalue weighted by molar-refractivity contribution is 5.54. The quantitative estimate of drug-likeness (QED) is 0.686. The van der Waals surface area contributed by atoms with Crippen molar-refractivity contribution in [1.82, 2.24) is 10.2 Å². The number of hydrogen-bond acceptors (Lipinski definition) is 3. The smallest absolute Gasteiger partial charge is 0.0372 e. The summed E-state index contributed by atoms with van der Waals surface area (Å²) in [5, 5.41) is 7.16. The van der Waals surface area contributed by atoms with Crippen molar-refractivity contribution in [3.8, 4) is 0 Å². The molecule has 1 atom stereocenters. The van der Waals surface area contributed by atoms with Crippen molar-refractivity contribution in [2.24, 2.45) is 0 Å². The van der Waals surface area contributed by atoms with E-state index in [1.54, 1.807) is 0 Å². The van der Waals surface area contributed by atoms with Gasteiger partial charge in [0.1, 0.15) is 0 Å². The number of fused-ring (bicyclic) bond motifs is 1. The molecule has 3 heteroatoms. The summed E-state index contributed by atoms with van der Waals surface area (Å²) in [7, 11) is 0. The van der Waals surface area contributed by atoms with Crippen LogP contribution in [0.15, 0.2) is 18.2 Å². The molecule has 0 saturated carbocycles. The third-order valence-corrected chi connectivity index (χ3v) is 4.69. The predicted octanol–water partition coefficient (Wildman–Crippen LogP) is 3.30. The number of benzene rings is 1. The molecule has 1 aliphatic rings. The highest BCUT2D eigenvalue weighted by atomic mass is 15.1. The van der Waals surface area contributed by atoms with Crippen LogP contribution >= 0.6 is 0 Å². The second kappa shape index (κ2) is 9.16. The summed E-state index contributed by atoms with van der Waals surface area (Å²) >= 11 is 0. The van der Waals surface area contributed by atoms with Gasteiger partial charge in [0, 0.05) is 18.3 Å². The van der Waals surface area contributed by atoms with Gasteiger partial charge in [-0.1, -0.05) is 26.0 Å². The van der Waals surface area contributed by atoms with E-state index in [2.05, 4.69) is 54.5 Å². The molecule has 124 valence electrons. The fourth-order valence-electron chi connectivity index (χ4n) is 3.27. The van der Waals surface area contributed by atoms with E-state index in [4.69, 9.17) is 0 Å². The van der Waals surface area contributed by atoms with Gasteiger partial charge in [-0.3, -0.25) is 0 Å². The van der Waals surface area contributed by atoms with Crippen LogP contribution in [0.25, 0.3) is 0 Å². The van der Waals surface area contributed by atoms with Crippen LogP contribution in [0, 0.1) is 0 Å². The average Bonchev–Trinajstić information content (AvgIpc) is 2.55. The van der Waals surface area contributed by atoms with E-state index < -0.39 is 0 Å². The van der Waals surface area contributed by atoms with Crippen molar-refractivity contribution in [1.29, 1.82) is 0 Å². The van der Waals surface area contributed by atoms with Crippen LogP contribution in [0.1, 0.15) is 44.7 Å². The molecule has 0 amide bonds. The lowest BCUT2D eigenvalue weighted by molar-refractivity contribution is 0.296. The van der Waals surface area contributed by atoms with Crippen LogP contribution in [0.3, 0.4) is 0 Å². The van der Waals surface area contributed by atoms with Gasteiger partial charge in [-0.15, -0.1) is 0 Å². The van der Waals surface area contributed by atoms with Gasteiger partial charge in [0.25, 0.3) is 0 Å². The van der Waals surface area contributed by atoms with Crippen LogP contribution in [0.4, 0.5) is 5.69 Å². The summed E-state index contributed by atoms with van der Waals surface area (Å²) in [6, 6.07) is 7.49. The number of nitrogens with zero attached hydrogens (tertiary/aromatic N) is 1. The third kappa shape index (κ3) is 5.29. The van der Waals surface area contributed by atoms with Crippen LogP contribution < -0.4 is 10.6 Å². The number of aryl methyl sites for hydroxylation is 1. The zero-order valence-corrected chi connectivity index (χ0v) is 14.6. The van der Waals surface area contributed by atoms with E-state index in [0.717, 1.165) is 32.6 Å². The van der Waals surface area contributed by atoms with Crippen LogP contribution in [-0.2, 0) is 12.8 Å². The Morgan fingerprint density at radius 3 is 2.86 bits per heavy atom. The molecule has 1 aromatic carbocycles. The zero-order chi connectivity index (χ0) is 15.8. The molecule has 0 spiro atoms. The van der Waals surface area contributed by atoms with Crippen molar-refractivity contribution in [3.05, 3.63) is 29.3 Å². The Kier molecular flexibility index (Phi) is 7.20. The first kappa shape index (κ1) is 17.3. The van der Waals surface area contributed by atoms with Crippen molar-refractivity contribution in [3.63, 3.8) is 0 Å². The highest BCUT2D eigenvalue weighted by Crippen LogP contribution is 2.23. The molecule has 3 nitrogen and oxygen atoms in total. The standard InChI is InChI=1S/C19H33N3/c1-4-22(5-2)13-7-12-20-16(3)14-17-9-10-19-18(15-17)8-6-11-21-19/h9-10,15-16,20-21H,4-8,11-14H2,1-3H3. The van der Waals surface area contributed by atoms with E-state index in [-0.39, 0.29) is 0 Å². The minimum atomic E-state index is 0.548. The second-order valence-corrected chi connectivity index (χ2v) is 6.46. The molecule has 1 aromatic rings. The minimum absolute atomic E-state index is 0.548. The minimum Gasteiger partial charge on any atom is -0.385 e. The largest absolute Gasteiger partial charge is 0.385 e. The Balaban J connectivity index is 1.71. The molecule has 22 heavy (non-hydrogen) atoms. The molecular weight excluding hydrogens is 270 g/mol. The lowest BCUT2D eigenvalue weighted by Gasteiger charge is -2.21. The molecule has 0 bridgehead atoms. The van der Waals surface area contributed by atoms with E-state index in [0.29, 0.717) is 6.04 Å². The summed E-state index contributed by atoms with van der Waals surface area (Å²) in [6.07, 6.45) is 4.84. The summed E-state index contributed by atoms with van der Waals surface area (Å²) in [4.78, 5) is 2.49. The van der Waals surface area contributed by atoms with Gasteiger partial charge in [-0.05, 0) is 76.0 Å². The van der Waals surface area contributed by atoms with Gasteiger partial charge >= 0.3 is 0 Å². The maximum absolute atomic E-state index is 3.67. The van der Waals surface area contributed by atoms with E-state index in [1.165, 1.54) is 42.6 Å². The predicted molar refractivity (Wildman–Crippen MR) is 96.8 cm³/mol. The molecule has 1 heterocycles. The fraction of sp³-hybridized carbons (Fsp3) is 0.684. The Labute approximate surface area is 136 Å². The second-order valence-electron chi connectivity index (χ2n) is 6.46. The van der Waals surface area contributed by atoms with Crippen molar-refractivity contribution >= 4 is 5.69 Å². The SMILES string of the molecule is CCN(CC)CCCNC(C)Cc1ccc2c(c1)CCCN2. The monoisotopic (exact) mass is 303 g/mol. The fourth-order valence-corrected chi connectivity index (χ4v) is 3.27. The number of nitrogens with one attached hydrogen (secondary N) is 2. The van der Waals surface area contributed by atoms with Crippen LogP contribution in [-0.4, -0.2) is 43.7 Å². The molecule has 0 aromatic heterocycles. The summed E-state index contributed by atoms with van der Waals surface area (Å²) in [6.45, 7) is 12.5. The molecule has 0 saturated heterocycles. The lowest BCUT2D eigenvalue weighted by atomic mass is 9.98. The molecule has 0 radical (unpaired) electrons. The van der Waals surface area contributed by atoms with E-state index in [1.807, 2.05) is 0 Å². The van der Waals surface area contributed by atoms with Crippen LogP contribution in [0.5, 0.6) is 0 Å². The molecule has 1 unspecified atom stereocenters. The molecule has 0 fully saturated rings.